The summed E-state index contributed by atoms with van der Waals surface area (Å²) in [6, 6.07) is 0.502. The van der Waals surface area contributed by atoms with Crippen LogP contribution < -0.4 is 5.32 Å². The standard InChI is InChI=1S/C13H22N2OS/c1-10(2)14-8-11-9-17-12(15-11)13(3)6-4-5-7-16-13/h9-10,14H,4-8H2,1-3H3. The lowest BCUT2D eigenvalue weighted by molar-refractivity contribution is -0.0702. The van der Waals surface area contributed by atoms with Crippen LogP contribution in [0.3, 0.4) is 0 Å². The average Bonchev–Trinajstić information content (AvgIpc) is 2.76. The zero-order valence-electron chi connectivity index (χ0n) is 11.0. The minimum absolute atomic E-state index is 0.140. The van der Waals surface area contributed by atoms with E-state index < -0.39 is 0 Å². The molecular formula is C13H22N2OS. The first kappa shape index (κ1) is 13.0. The summed E-state index contributed by atoms with van der Waals surface area (Å²) in [5.41, 5.74) is 0.994. The zero-order valence-corrected chi connectivity index (χ0v) is 11.8. The number of thiazole rings is 1. The van der Waals surface area contributed by atoms with E-state index in [0.717, 1.165) is 30.3 Å². The normalized spacial score (nSPS) is 25.4. The fraction of sp³-hybridized carbons (Fsp3) is 0.769. The van der Waals surface area contributed by atoms with Crippen LogP contribution in [-0.4, -0.2) is 17.6 Å². The van der Waals surface area contributed by atoms with Crippen molar-refractivity contribution >= 4 is 11.3 Å². The Labute approximate surface area is 108 Å². The van der Waals surface area contributed by atoms with E-state index in [-0.39, 0.29) is 5.60 Å². The van der Waals surface area contributed by atoms with Crippen LogP contribution >= 0.6 is 11.3 Å². The maximum atomic E-state index is 5.92. The van der Waals surface area contributed by atoms with E-state index in [4.69, 9.17) is 9.72 Å². The summed E-state index contributed by atoms with van der Waals surface area (Å²) in [4.78, 5) is 4.71. The van der Waals surface area contributed by atoms with Gasteiger partial charge in [0.1, 0.15) is 10.6 Å². The second kappa shape index (κ2) is 5.46. The van der Waals surface area contributed by atoms with Gasteiger partial charge in [0.2, 0.25) is 0 Å². The van der Waals surface area contributed by atoms with Gasteiger partial charge in [0.05, 0.1) is 5.69 Å². The number of aromatic nitrogens is 1. The number of nitrogens with zero attached hydrogens (tertiary/aromatic N) is 1. The Morgan fingerprint density at radius 1 is 1.53 bits per heavy atom. The number of rotatable bonds is 4. The number of hydrogen-bond acceptors (Lipinski definition) is 4. The van der Waals surface area contributed by atoms with Crippen LogP contribution in [0.25, 0.3) is 0 Å². The molecule has 4 heteroatoms. The maximum Gasteiger partial charge on any atom is 0.125 e. The average molecular weight is 254 g/mol. The number of ether oxygens (including phenoxy) is 1. The van der Waals surface area contributed by atoms with Crippen LogP contribution in [0.5, 0.6) is 0 Å². The van der Waals surface area contributed by atoms with Crippen molar-refractivity contribution in [2.75, 3.05) is 6.61 Å². The van der Waals surface area contributed by atoms with Gasteiger partial charge >= 0.3 is 0 Å². The molecule has 1 aliphatic rings. The number of hydrogen-bond donors (Lipinski definition) is 1. The van der Waals surface area contributed by atoms with Crippen LogP contribution in [0.2, 0.25) is 0 Å². The third-order valence-corrected chi connectivity index (χ3v) is 4.30. The Balaban J connectivity index is 2.01. The zero-order chi connectivity index (χ0) is 12.3. The predicted molar refractivity (Wildman–Crippen MR) is 71.2 cm³/mol. The molecule has 1 aromatic rings. The van der Waals surface area contributed by atoms with Crippen molar-refractivity contribution in [1.29, 1.82) is 0 Å². The Bertz CT molecular complexity index is 356. The van der Waals surface area contributed by atoms with Crippen molar-refractivity contribution < 1.29 is 4.74 Å². The quantitative estimate of drug-likeness (QED) is 0.896. The largest absolute Gasteiger partial charge is 0.368 e. The van der Waals surface area contributed by atoms with Gasteiger partial charge < -0.3 is 10.1 Å². The van der Waals surface area contributed by atoms with Crippen molar-refractivity contribution in [3.8, 4) is 0 Å². The Hall–Kier alpha value is -0.450. The van der Waals surface area contributed by atoms with E-state index in [0.29, 0.717) is 6.04 Å². The second-order valence-electron chi connectivity index (χ2n) is 5.22. The van der Waals surface area contributed by atoms with Crippen molar-refractivity contribution in [2.24, 2.45) is 0 Å². The molecular weight excluding hydrogens is 232 g/mol. The molecule has 2 rings (SSSR count). The molecule has 1 saturated heterocycles. The molecule has 3 nitrogen and oxygen atoms in total. The Morgan fingerprint density at radius 2 is 2.35 bits per heavy atom. The van der Waals surface area contributed by atoms with E-state index in [1.807, 2.05) is 0 Å². The predicted octanol–water partition coefficient (Wildman–Crippen LogP) is 3.06. The van der Waals surface area contributed by atoms with Crippen molar-refractivity contribution in [2.45, 2.75) is 58.2 Å². The van der Waals surface area contributed by atoms with E-state index in [1.165, 1.54) is 12.8 Å². The molecule has 0 spiro atoms. The highest BCUT2D eigenvalue weighted by Gasteiger charge is 2.32. The van der Waals surface area contributed by atoms with Gasteiger partial charge in [0, 0.05) is 24.6 Å². The van der Waals surface area contributed by atoms with Crippen molar-refractivity contribution in [3.63, 3.8) is 0 Å². The molecule has 0 amide bonds. The van der Waals surface area contributed by atoms with Gasteiger partial charge in [-0.25, -0.2) is 4.98 Å². The van der Waals surface area contributed by atoms with E-state index in [9.17, 15) is 0 Å². The molecule has 0 radical (unpaired) electrons. The fourth-order valence-electron chi connectivity index (χ4n) is 2.04. The Morgan fingerprint density at radius 3 is 3.00 bits per heavy atom. The summed E-state index contributed by atoms with van der Waals surface area (Å²) in [6.45, 7) is 8.20. The highest BCUT2D eigenvalue weighted by molar-refractivity contribution is 7.09. The highest BCUT2D eigenvalue weighted by Crippen LogP contribution is 2.36. The van der Waals surface area contributed by atoms with Crippen LogP contribution in [-0.2, 0) is 16.9 Å². The minimum Gasteiger partial charge on any atom is -0.368 e. The molecule has 1 aromatic heterocycles. The van der Waals surface area contributed by atoms with Gasteiger partial charge in [-0.1, -0.05) is 13.8 Å². The topological polar surface area (TPSA) is 34.1 Å². The summed E-state index contributed by atoms with van der Waals surface area (Å²) < 4.78 is 5.92. The molecule has 1 unspecified atom stereocenters. The Kier molecular flexibility index (Phi) is 4.17. The minimum atomic E-state index is -0.140. The van der Waals surface area contributed by atoms with Gasteiger partial charge in [-0.3, -0.25) is 0 Å². The van der Waals surface area contributed by atoms with Gasteiger partial charge in [-0.05, 0) is 26.2 Å². The SMILES string of the molecule is CC(C)NCc1csc(C2(C)CCCCO2)n1. The van der Waals surface area contributed by atoms with E-state index in [1.54, 1.807) is 11.3 Å². The lowest BCUT2D eigenvalue weighted by Crippen LogP contribution is -2.30. The van der Waals surface area contributed by atoms with Gasteiger partial charge in [0.25, 0.3) is 0 Å². The molecule has 0 aliphatic carbocycles. The highest BCUT2D eigenvalue weighted by atomic mass is 32.1. The van der Waals surface area contributed by atoms with Gasteiger partial charge in [-0.2, -0.15) is 0 Å². The van der Waals surface area contributed by atoms with E-state index in [2.05, 4.69) is 31.5 Å². The fourth-order valence-corrected chi connectivity index (χ4v) is 3.01. The third kappa shape index (κ3) is 3.27. The van der Waals surface area contributed by atoms with Crippen molar-refractivity contribution in [3.05, 3.63) is 16.1 Å². The van der Waals surface area contributed by atoms with Crippen LogP contribution in [0, 0.1) is 0 Å². The van der Waals surface area contributed by atoms with Crippen LogP contribution in [0.4, 0.5) is 0 Å². The second-order valence-corrected chi connectivity index (χ2v) is 6.07. The first-order chi connectivity index (χ1) is 8.10. The smallest absolute Gasteiger partial charge is 0.125 e. The summed E-state index contributed by atoms with van der Waals surface area (Å²) in [6.07, 6.45) is 3.52. The number of nitrogens with one attached hydrogen (secondary N) is 1. The van der Waals surface area contributed by atoms with E-state index >= 15 is 0 Å². The lowest BCUT2D eigenvalue weighted by Gasteiger charge is -2.31. The molecule has 0 bridgehead atoms. The lowest BCUT2D eigenvalue weighted by atomic mass is 9.97. The van der Waals surface area contributed by atoms with Crippen molar-refractivity contribution in [1.82, 2.24) is 10.3 Å². The van der Waals surface area contributed by atoms with Gasteiger partial charge in [-0.15, -0.1) is 11.3 Å². The monoisotopic (exact) mass is 254 g/mol. The van der Waals surface area contributed by atoms with Crippen LogP contribution in [0.15, 0.2) is 5.38 Å². The molecule has 1 fully saturated rings. The summed E-state index contributed by atoms with van der Waals surface area (Å²) >= 11 is 1.73. The first-order valence-electron chi connectivity index (χ1n) is 6.42. The molecule has 1 atom stereocenters. The molecule has 1 N–H and O–H groups in total. The molecule has 17 heavy (non-hydrogen) atoms. The third-order valence-electron chi connectivity index (χ3n) is 3.16. The first-order valence-corrected chi connectivity index (χ1v) is 7.30. The summed E-state index contributed by atoms with van der Waals surface area (Å²) in [5.74, 6) is 0. The molecule has 0 aromatic carbocycles. The summed E-state index contributed by atoms with van der Waals surface area (Å²) in [7, 11) is 0. The molecule has 2 heterocycles. The molecule has 96 valence electrons. The molecule has 0 saturated carbocycles. The van der Waals surface area contributed by atoms with Gasteiger partial charge in [0.15, 0.2) is 0 Å². The van der Waals surface area contributed by atoms with Crippen LogP contribution in [0.1, 0.15) is 50.7 Å². The maximum absolute atomic E-state index is 5.92. The molecule has 1 aliphatic heterocycles. The summed E-state index contributed by atoms with van der Waals surface area (Å²) in [5, 5.41) is 6.68.